The highest BCUT2D eigenvalue weighted by Gasteiger charge is 2.28. The van der Waals surface area contributed by atoms with Crippen molar-refractivity contribution < 1.29 is 23.5 Å². The maximum atomic E-state index is 14.9. The maximum absolute atomic E-state index is 14.9. The Labute approximate surface area is 163 Å². The maximum Gasteiger partial charge on any atom is 0.410 e. The van der Waals surface area contributed by atoms with Gasteiger partial charge in [0.05, 0.1) is 18.7 Å². The molecule has 0 fully saturated rings. The molecule has 0 aliphatic heterocycles. The monoisotopic (exact) mass is 391 g/mol. The number of hydrogen-bond donors (Lipinski definition) is 1. The number of carbonyl (C=O) groups is 2. The Morgan fingerprint density at radius 1 is 1.43 bits per heavy atom. The lowest BCUT2D eigenvalue weighted by Gasteiger charge is -2.26. The van der Waals surface area contributed by atoms with Crippen molar-refractivity contribution in [1.82, 2.24) is 14.9 Å². The normalized spacial score (nSPS) is 16.2. The number of imidazole rings is 1. The van der Waals surface area contributed by atoms with Crippen LogP contribution in [0.25, 0.3) is 11.0 Å². The smallest absolute Gasteiger partial charge is 0.410 e. The number of nitrogens with one attached hydrogen (secondary N) is 1. The van der Waals surface area contributed by atoms with Crippen molar-refractivity contribution in [1.29, 1.82) is 0 Å². The molecule has 0 saturated carbocycles. The van der Waals surface area contributed by atoms with Gasteiger partial charge in [-0.1, -0.05) is 0 Å². The number of aromatic nitrogens is 2. The van der Waals surface area contributed by atoms with Gasteiger partial charge in [0.2, 0.25) is 0 Å². The number of halogens is 1. The zero-order valence-corrected chi connectivity index (χ0v) is 16.7. The van der Waals surface area contributed by atoms with Crippen molar-refractivity contribution in [3.8, 4) is 0 Å². The van der Waals surface area contributed by atoms with Crippen LogP contribution in [0.3, 0.4) is 0 Å². The Morgan fingerprint density at radius 2 is 2.18 bits per heavy atom. The van der Waals surface area contributed by atoms with E-state index in [0.29, 0.717) is 42.9 Å². The number of fused-ring (bicyclic) bond motifs is 2. The van der Waals surface area contributed by atoms with Crippen LogP contribution < -0.4 is 0 Å². The molecule has 152 valence electrons. The average molecular weight is 391 g/mol. The standard InChI is InChI=1S/C20H26FN3O4/c1-20(2,3)28-19(26)24(5-6-27-4)10-16-22-15-9-13-7-12(11-25)8-14(13)17(21)18(15)23-16/h9,11-12H,5-8,10H2,1-4H3,(H,22,23). The molecule has 1 aromatic heterocycles. The molecular formula is C20H26FN3O4. The number of amides is 1. The summed E-state index contributed by atoms with van der Waals surface area (Å²) in [6.07, 6.45) is 1.33. The van der Waals surface area contributed by atoms with Crippen molar-refractivity contribution in [2.24, 2.45) is 5.92 Å². The van der Waals surface area contributed by atoms with E-state index in [-0.39, 0.29) is 23.8 Å². The topological polar surface area (TPSA) is 84.5 Å². The second-order valence-corrected chi connectivity index (χ2v) is 8.11. The van der Waals surface area contributed by atoms with E-state index >= 15 is 0 Å². The Balaban J connectivity index is 1.85. The number of ether oxygens (including phenoxy) is 2. The molecule has 0 spiro atoms. The number of aromatic amines is 1. The van der Waals surface area contributed by atoms with Gasteiger partial charge in [-0.3, -0.25) is 4.90 Å². The second-order valence-electron chi connectivity index (χ2n) is 8.11. The Morgan fingerprint density at radius 3 is 2.82 bits per heavy atom. The van der Waals surface area contributed by atoms with Gasteiger partial charge >= 0.3 is 6.09 Å². The summed E-state index contributed by atoms with van der Waals surface area (Å²) >= 11 is 0. The minimum absolute atomic E-state index is 0.147. The molecule has 1 aliphatic rings. The summed E-state index contributed by atoms with van der Waals surface area (Å²) in [5.74, 6) is -0.0984. The lowest BCUT2D eigenvalue weighted by atomic mass is 10.1. The van der Waals surface area contributed by atoms with Crippen LogP contribution in [0.5, 0.6) is 0 Å². The first-order valence-electron chi connectivity index (χ1n) is 9.33. The van der Waals surface area contributed by atoms with Gasteiger partial charge in [0.1, 0.15) is 23.2 Å². The highest BCUT2D eigenvalue weighted by atomic mass is 19.1. The van der Waals surface area contributed by atoms with Crippen LogP contribution in [0.2, 0.25) is 0 Å². The molecule has 1 N–H and O–H groups in total. The zero-order chi connectivity index (χ0) is 20.5. The molecule has 3 rings (SSSR count). The first-order valence-corrected chi connectivity index (χ1v) is 9.33. The number of rotatable bonds is 6. The number of methoxy groups -OCH3 is 1. The molecule has 1 unspecified atom stereocenters. The van der Waals surface area contributed by atoms with Gasteiger partial charge in [0.15, 0.2) is 5.82 Å². The molecule has 2 aromatic rings. The van der Waals surface area contributed by atoms with Crippen LogP contribution in [0.4, 0.5) is 9.18 Å². The lowest BCUT2D eigenvalue weighted by molar-refractivity contribution is -0.110. The number of nitrogens with zero attached hydrogens (tertiary/aromatic N) is 2. The summed E-state index contributed by atoms with van der Waals surface area (Å²) in [6, 6.07) is 1.85. The highest BCUT2D eigenvalue weighted by Crippen LogP contribution is 2.32. The number of aldehydes is 1. The van der Waals surface area contributed by atoms with E-state index in [2.05, 4.69) is 9.97 Å². The van der Waals surface area contributed by atoms with Crippen molar-refractivity contribution in [3.05, 3.63) is 28.8 Å². The molecule has 0 radical (unpaired) electrons. The minimum atomic E-state index is -0.627. The Hall–Kier alpha value is -2.48. The van der Waals surface area contributed by atoms with Gasteiger partial charge in [-0.2, -0.15) is 0 Å². The van der Waals surface area contributed by atoms with Gasteiger partial charge in [-0.15, -0.1) is 0 Å². The van der Waals surface area contributed by atoms with E-state index in [1.54, 1.807) is 27.9 Å². The molecule has 28 heavy (non-hydrogen) atoms. The van der Waals surface area contributed by atoms with E-state index < -0.39 is 11.7 Å². The minimum Gasteiger partial charge on any atom is -0.444 e. The molecule has 0 bridgehead atoms. The van der Waals surface area contributed by atoms with E-state index in [4.69, 9.17) is 9.47 Å². The fraction of sp³-hybridized carbons (Fsp3) is 0.550. The van der Waals surface area contributed by atoms with Crippen LogP contribution in [0.1, 0.15) is 37.7 Å². The zero-order valence-electron chi connectivity index (χ0n) is 16.7. The molecule has 1 amide bonds. The quantitative estimate of drug-likeness (QED) is 0.766. The predicted octanol–water partition coefficient (Wildman–Crippen LogP) is 3.00. The van der Waals surface area contributed by atoms with Gasteiger partial charge in [0, 0.05) is 19.6 Å². The first-order chi connectivity index (χ1) is 13.2. The fourth-order valence-electron chi connectivity index (χ4n) is 3.39. The van der Waals surface area contributed by atoms with E-state index in [9.17, 15) is 14.0 Å². The number of carbonyl (C=O) groups excluding carboxylic acids is 2. The van der Waals surface area contributed by atoms with Crippen LogP contribution in [0, 0.1) is 11.7 Å². The van der Waals surface area contributed by atoms with Crippen molar-refractivity contribution >= 4 is 23.4 Å². The fourth-order valence-corrected chi connectivity index (χ4v) is 3.39. The number of benzene rings is 1. The van der Waals surface area contributed by atoms with Gasteiger partial charge in [-0.05, 0) is 50.8 Å². The van der Waals surface area contributed by atoms with Gasteiger partial charge < -0.3 is 19.3 Å². The van der Waals surface area contributed by atoms with Crippen molar-refractivity contribution in [3.63, 3.8) is 0 Å². The molecule has 0 saturated heterocycles. The number of hydrogen-bond acceptors (Lipinski definition) is 5. The SMILES string of the molecule is COCCN(Cc1nc2c(F)c3c(cc2[nH]1)CC(C=O)C3)C(=O)OC(C)(C)C. The molecule has 8 heteroatoms. The van der Waals surface area contributed by atoms with E-state index in [1.165, 1.54) is 4.90 Å². The van der Waals surface area contributed by atoms with Gasteiger partial charge in [-0.25, -0.2) is 14.2 Å². The van der Waals surface area contributed by atoms with Crippen molar-refractivity contribution in [2.75, 3.05) is 20.3 Å². The lowest BCUT2D eigenvalue weighted by Crippen LogP contribution is -2.38. The third kappa shape index (κ3) is 4.32. The van der Waals surface area contributed by atoms with Crippen LogP contribution in [0.15, 0.2) is 6.07 Å². The second kappa shape index (κ2) is 7.87. The largest absolute Gasteiger partial charge is 0.444 e. The summed E-state index contributed by atoms with van der Waals surface area (Å²) in [5, 5.41) is 0. The Bertz CT molecular complexity index is 888. The van der Waals surface area contributed by atoms with Crippen LogP contribution >= 0.6 is 0 Å². The van der Waals surface area contributed by atoms with E-state index in [0.717, 1.165) is 11.8 Å². The molecule has 1 heterocycles. The van der Waals surface area contributed by atoms with Crippen LogP contribution in [-0.4, -0.2) is 53.1 Å². The summed E-state index contributed by atoms with van der Waals surface area (Å²) in [5.41, 5.74) is 1.56. The highest BCUT2D eigenvalue weighted by molar-refractivity contribution is 5.79. The average Bonchev–Trinajstić information content (AvgIpc) is 3.21. The summed E-state index contributed by atoms with van der Waals surface area (Å²) < 4.78 is 25.4. The molecular weight excluding hydrogens is 365 g/mol. The third-order valence-electron chi connectivity index (χ3n) is 4.66. The number of H-pyrrole nitrogens is 1. The van der Waals surface area contributed by atoms with E-state index in [1.807, 2.05) is 6.07 Å². The van der Waals surface area contributed by atoms with Gasteiger partial charge in [0.25, 0.3) is 0 Å². The molecule has 1 atom stereocenters. The van der Waals surface area contributed by atoms with Crippen LogP contribution in [-0.2, 0) is 33.7 Å². The molecule has 1 aromatic carbocycles. The third-order valence-corrected chi connectivity index (χ3v) is 4.66. The summed E-state index contributed by atoms with van der Waals surface area (Å²) in [7, 11) is 1.55. The Kier molecular flexibility index (Phi) is 5.69. The molecule has 7 nitrogen and oxygen atoms in total. The molecule has 1 aliphatic carbocycles. The predicted molar refractivity (Wildman–Crippen MR) is 102 cm³/mol. The first kappa shape index (κ1) is 20.3. The summed E-state index contributed by atoms with van der Waals surface area (Å²) in [4.78, 5) is 32.4. The van der Waals surface area contributed by atoms with Crippen molar-refractivity contribution in [2.45, 2.75) is 45.8 Å². The summed E-state index contributed by atoms with van der Waals surface area (Å²) in [6.45, 7) is 6.20.